The van der Waals surface area contributed by atoms with Crippen molar-refractivity contribution in [3.05, 3.63) is 30.2 Å². The zero-order chi connectivity index (χ0) is 15.8. The monoisotopic (exact) mass is 332 g/mol. The summed E-state index contributed by atoms with van der Waals surface area (Å²) in [5, 5.41) is -0.0511. The van der Waals surface area contributed by atoms with Crippen molar-refractivity contribution in [1.82, 2.24) is 9.47 Å². The number of halogens is 2. The lowest BCUT2D eigenvalue weighted by Gasteiger charge is -2.10. The molecular weight excluding hydrogens is 319 g/mol. The third-order valence-electron chi connectivity index (χ3n) is 3.15. The molecule has 1 amide bonds. The van der Waals surface area contributed by atoms with Gasteiger partial charge in [-0.3, -0.25) is 4.79 Å². The Bertz CT molecular complexity index is 799. The Hall–Kier alpha value is -1.60. The average Bonchev–Trinajstić information content (AvgIpc) is 2.76. The fourth-order valence-electron chi connectivity index (χ4n) is 2.08. The van der Waals surface area contributed by atoms with Crippen molar-refractivity contribution in [3.63, 3.8) is 0 Å². The molecule has 1 heterocycles. The molecule has 0 bridgehead atoms. The Balaban J connectivity index is 2.51. The van der Waals surface area contributed by atoms with Gasteiger partial charge in [0, 0.05) is 43.9 Å². The van der Waals surface area contributed by atoms with Crippen LogP contribution in [0.5, 0.6) is 0 Å². The lowest BCUT2D eigenvalue weighted by Crippen LogP contribution is -2.22. The molecule has 2 aromatic rings. The van der Waals surface area contributed by atoms with Gasteiger partial charge in [-0.1, -0.05) is 6.07 Å². The summed E-state index contributed by atoms with van der Waals surface area (Å²) in [6.07, 6.45) is 1.44. The number of benzene rings is 1. The van der Waals surface area contributed by atoms with Crippen LogP contribution in [0.15, 0.2) is 29.3 Å². The van der Waals surface area contributed by atoms with E-state index in [2.05, 4.69) is 0 Å². The Kier molecular flexibility index (Phi) is 4.25. The van der Waals surface area contributed by atoms with Gasteiger partial charge in [0.25, 0.3) is 9.05 Å². The molecule has 0 saturated carbocycles. The summed E-state index contributed by atoms with van der Waals surface area (Å²) in [5.74, 6) is -0.770. The topological polar surface area (TPSA) is 59.4 Å². The van der Waals surface area contributed by atoms with Crippen molar-refractivity contribution >= 4 is 36.5 Å². The van der Waals surface area contributed by atoms with Gasteiger partial charge in [-0.25, -0.2) is 12.8 Å². The number of hydrogen-bond donors (Lipinski definition) is 0. The number of aryl methyl sites for hydroxylation is 1. The van der Waals surface area contributed by atoms with Crippen molar-refractivity contribution in [3.8, 4) is 0 Å². The van der Waals surface area contributed by atoms with E-state index in [4.69, 9.17) is 10.7 Å². The highest BCUT2D eigenvalue weighted by Crippen LogP contribution is 2.30. The van der Waals surface area contributed by atoms with E-state index in [0.29, 0.717) is 5.52 Å². The standard InChI is InChI=1S/C13H14ClFN2O3S/c1-16(2)12(18)6-7-17-8-11(21(14,19)20)13-9(15)4-3-5-10(13)17/h3-5,8H,6-7H2,1-2H3. The first-order chi connectivity index (χ1) is 9.71. The first kappa shape index (κ1) is 15.8. The molecular formula is C13H14ClFN2O3S. The predicted molar refractivity (Wildman–Crippen MR) is 78.2 cm³/mol. The minimum atomic E-state index is -4.07. The van der Waals surface area contributed by atoms with E-state index in [1.807, 2.05) is 0 Å². The van der Waals surface area contributed by atoms with Crippen molar-refractivity contribution in [2.45, 2.75) is 17.9 Å². The fraction of sp³-hybridized carbons (Fsp3) is 0.308. The number of carbonyl (C=O) groups is 1. The first-order valence-corrected chi connectivity index (χ1v) is 8.45. The van der Waals surface area contributed by atoms with Crippen LogP contribution >= 0.6 is 10.7 Å². The molecule has 0 aliphatic carbocycles. The van der Waals surface area contributed by atoms with E-state index >= 15 is 0 Å². The number of rotatable bonds is 4. The number of carbonyl (C=O) groups excluding carboxylic acids is 1. The third kappa shape index (κ3) is 3.19. The number of aromatic nitrogens is 1. The van der Waals surface area contributed by atoms with Gasteiger partial charge in [0.1, 0.15) is 10.7 Å². The third-order valence-corrected chi connectivity index (χ3v) is 4.48. The van der Waals surface area contributed by atoms with Gasteiger partial charge in [0.2, 0.25) is 5.91 Å². The maximum atomic E-state index is 13.9. The molecule has 0 saturated heterocycles. The van der Waals surface area contributed by atoms with Crippen molar-refractivity contribution in [2.24, 2.45) is 0 Å². The molecule has 5 nitrogen and oxygen atoms in total. The van der Waals surface area contributed by atoms with Crippen LogP contribution in [-0.4, -0.2) is 37.9 Å². The molecule has 0 fully saturated rings. The zero-order valence-electron chi connectivity index (χ0n) is 11.5. The van der Waals surface area contributed by atoms with Crippen LogP contribution in [0, 0.1) is 5.82 Å². The number of nitrogens with zero attached hydrogens (tertiary/aromatic N) is 2. The number of fused-ring (bicyclic) bond motifs is 1. The summed E-state index contributed by atoms with van der Waals surface area (Å²) in [4.78, 5) is 12.8. The maximum absolute atomic E-state index is 13.9. The zero-order valence-corrected chi connectivity index (χ0v) is 13.1. The molecule has 1 aromatic carbocycles. The van der Waals surface area contributed by atoms with Gasteiger partial charge in [0.15, 0.2) is 0 Å². The fourth-order valence-corrected chi connectivity index (χ4v) is 3.13. The second-order valence-corrected chi connectivity index (χ2v) is 7.33. The highest BCUT2D eigenvalue weighted by atomic mass is 35.7. The van der Waals surface area contributed by atoms with Gasteiger partial charge in [-0.05, 0) is 12.1 Å². The molecule has 0 aliphatic rings. The minimum absolute atomic E-state index is 0.0511. The SMILES string of the molecule is CN(C)C(=O)CCn1cc(S(=O)(=O)Cl)c2c(F)cccc21. The van der Waals surface area contributed by atoms with Crippen molar-refractivity contribution in [2.75, 3.05) is 14.1 Å². The smallest absolute Gasteiger partial charge is 0.263 e. The summed E-state index contributed by atoms with van der Waals surface area (Å²) in [6.45, 7) is 0.239. The quantitative estimate of drug-likeness (QED) is 0.806. The Labute approximate surface area is 126 Å². The lowest BCUT2D eigenvalue weighted by atomic mass is 10.2. The van der Waals surface area contributed by atoms with Crippen LogP contribution in [0.2, 0.25) is 0 Å². The Morgan fingerprint density at radius 3 is 2.62 bits per heavy atom. The van der Waals surface area contributed by atoms with Gasteiger partial charge in [-0.15, -0.1) is 0 Å². The van der Waals surface area contributed by atoms with E-state index in [-0.39, 0.29) is 29.2 Å². The van der Waals surface area contributed by atoms with Crippen LogP contribution < -0.4 is 0 Å². The average molecular weight is 333 g/mol. The van der Waals surface area contributed by atoms with Crippen LogP contribution in [-0.2, 0) is 20.4 Å². The molecule has 8 heteroatoms. The number of amides is 1. The highest BCUT2D eigenvalue weighted by Gasteiger charge is 2.21. The Morgan fingerprint density at radius 1 is 1.38 bits per heavy atom. The lowest BCUT2D eigenvalue weighted by molar-refractivity contribution is -0.128. The molecule has 0 unspecified atom stereocenters. The van der Waals surface area contributed by atoms with Crippen molar-refractivity contribution < 1.29 is 17.6 Å². The second kappa shape index (κ2) is 5.65. The molecule has 2 rings (SSSR count). The summed E-state index contributed by atoms with van der Waals surface area (Å²) < 4.78 is 38.6. The van der Waals surface area contributed by atoms with Gasteiger partial charge in [0.05, 0.1) is 10.9 Å². The normalized spacial score (nSPS) is 11.8. The summed E-state index contributed by atoms with van der Waals surface area (Å²) in [6, 6.07) is 4.24. The van der Waals surface area contributed by atoms with Crippen LogP contribution in [0.25, 0.3) is 10.9 Å². The van der Waals surface area contributed by atoms with Gasteiger partial charge >= 0.3 is 0 Å². The molecule has 1 aromatic heterocycles. The molecule has 0 N–H and O–H groups in total. The summed E-state index contributed by atoms with van der Waals surface area (Å²) in [7, 11) is 4.54. The molecule has 0 atom stereocenters. The molecule has 0 radical (unpaired) electrons. The van der Waals surface area contributed by atoms with E-state index in [0.717, 1.165) is 0 Å². The highest BCUT2D eigenvalue weighted by molar-refractivity contribution is 8.14. The van der Waals surface area contributed by atoms with E-state index in [1.54, 1.807) is 20.2 Å². The number of hydrogen-bond acceptors (Lipinski definition) is 3. The molecule has 21 heavy (non-hydrogen) atoms. The minimum Gasteiger partial charge on any atom is -0.349 e. The largest absolute Gasteiger partial charge is 0.349 e. The first-order valence-electron chi connectivity index (χ1n) is 6.14. The van der Waals surface area contributed by atoms with Crippen LogP contribution in [0.1, 0.15) is 6.42 Å². The van der Waals surface area contributed by atoms with E-state index in [9.17, 15) is 17.6 Å². The predicted octanol–water partition coefficient (Wildman–Crippen LogP) is 2.19. The summed E-state index contributed by atoms with van der Waals surface area (Å²) >= 11 is 0. The maximum Gasteiger partial charge on any atom is 0.263 e. The molecule has 0 aliphatic heterocycles. The van der Waals surface area contributed by atoms with Gasteiger partial charge in [-0.2, -0.15) is 0 Å². The van der Waals surface area contributed by atoms with E-state index < -0.39 is 14.9 Å². The van der Waals surface area contributed by atoms with Crippen LogP contribution in [0.3, 0.4) is 0 Å². The van der Waals surface area contributed by atoms with Crippen LogP contribution in [0.4, 0.5) is 4.39 Å². The Morgan fingerprint density at radius 2 is 2.05 bits per heavy atom. The van der Waals surface area contributed by atoms with E-state index in [1.165, 1.54) is 27.8 Å². The second-order valence-electron chi connectivity index (χ2n) is 4.80. The van der Waals surface area contributed by atoms with Gasteiger partial charge < -0.3 is 9.47 Å². The van der Waals surface area contributed by atoms with Crippen molar-refractivity contribution in [1.29, 1.82) is 0 Å². The summed E-state index contributed by atoms with van der Waals surface area (Å²) in [5.41, 5.74) is 0.390. The molecule has 0 spiro atoms. The molecule has 114 valence electrons.